The Labute approximate surface area is 200 Å². The SMILES string of the molecule is CC(C)(C)OC(=O)NC(CCCNC(=S)NC(=O)OCc1ccccc1)C(=O)OC(C)(C)C. The van der Waals surface area contributed by atoms with Gasteiger partial charge in [-0.2, -0.15) is 0 Å². The van der Waals surface area contributed by atoms with Crippen LogP contribution in [0.25, 0.3) is 0 Å². The molecule has 0 aromatic heterocycles. The van der Waals surface area contributed by atoms with Gasteiger partial charge in [-0.25, -0.2) is 14.4 Å². The zero-order valence-corrected chi connectivity index (χ0v) is 21.0. The van der Waals surface area contributed by atoms with Crippen LogP contribution < -0.4 is 16.0 Å². The number of alkyl carbamates (subject to hydrolysis) is 2. The summed E-state index contributed by atoms with van der Waals surface area (Å²) < 4.78 is 15.7. The van der Waals surface area contributed by atoms with Gasteiger partial charge in [0.1, 0.15) is 23.9 Å². The predicted octanol–water partition coefficient (Wildman–Crippen LogP) is 3.80. The topological polar surface area (TPSA) is 115 Å². The largest absolute Gasteiger partial charge is 0.458 e. The molecule has 0 saturated carbocycles. The van der Waals surface area contributed by atoms with Crippen LogP contribution in [0.3, 0.4) is 0 Å². The van der Waals surface area contributed by atoms with Crippen molar-refractivity contribution in [1.29, 1.82) is 0 Å². The van der Waals surface area contributed by atoms with Crippen molar-refractivity contribution in [3.8, 4) is 0 Å². The normalized spacial score (nSPS) is 12.2. The van der Waals surface area contributed by atoms with Crippen molar-refractivity contribution in [2.75, 3.05) is 6.54 Å². The first kappa shape index (κ1) is 28.2. The Morgan fingerprint density at radius 3 is 2.12 bits per heavy atom. The predicted molar refractivity (Wildman–Crippen MR) is 129 cm³/mol. The van der Waals surface area contributed by atoms with E-state index in [0.717, 1.165) is 5.56 Å². The van der Waals surface area contributed by atoms with E-state index in [0.29, 0.717) is 13.0 Å². The summed E-state index contributed by atoms with van der Waals surface area (Å²) in [4.78, 5) is 36.5. The van der Waals surface area contributed by atoms with E-state index in [2.05, 4.69) is 16.0 Å². The third-order valence-corrected chi connectivity index (χ3v) is 4.01. The lowest BCUT2D eigenvalue weighted by atomic mass is 10.1. The third-order valence-electron chi connectivity index (χ3n) is 3.77. The molecule has 1 aromatic carbocycles. The van der Waals surface area contributed by atoms with Crippen LogP contribution in [-0.4, -0.2) is 47.1 Å². The lowest BCUT2D eigenvalue weighted by Gasteiger charge is -2.26. The Morgan fingerprint density at radius 2 is 1.55 bits per heavy atom. The van der Waals surface area contributed by atoms with E-state index in [-0.39, 0.29) is 18.1 Å². The second-order valence-corrected chi connectivity index (χ2v) is 9.73. The first-order valence-electron chi connectivity index (χ1n) is 10.7. The zero-order valence-electron chi connectivity index (χ0n) is 20.2. The number of carbonyl (C=O) groups excluding carboxylic acids is 3. The number of nitrogens with one attached hydrogen (secondary N) is 3. The summed E-state index contributed by atoms with van der Waals surface area (Å²) in [6.45, 7) is 10.9. The van der Waals surface area contributed by atoms with Crippen LogP contribution in [-0.2, 0) is 25.6 Å². The summed E-state index contributed by atoms with van der Waals surface area (Å²) in [6, 6.07) is 8.37. The zero-order chi connectivity index (χ0) is 25.1. The van der Waals surface area contributed by atoms with Crippen molar-refractivity contribution in [1.82, 2.24) is 16.0 Å². The summed E-state index contributed by atoms with van der Waals surface area (Å²) in [7, 11) is 0. The number of benzene rings is 1. The highest BCUT2D eigenvalue weighted by molar-refractivity contribution is 7.80. The minimum atomic E-state index is -0.891. The van der Waals surface area contributed by atoms with Crippen LogP contribution in [0.4, 0.5) is 9.59 Å². The Bertz CT molecular complexity index is 803. The van der Waals surface area contributed by atoms with Crippen LogP contribution in [0, 0.1) is 0 Å². The molecule has 2 amide bonds. The molecule has 0 bridgehead atoms. The average Bonchev–Trinajstić information content (AvgIpc) is 2.66. The van der Waals surface area contributed by atoms with Gasteiger partial charge in [0, 0.05) is 6.54 Å². The average molecular weight is 482 g/mol. The Balaban J connectivity index is 2.45. The molecule has 0 aliphatic rings. The molecule has 10 heteroatoms. The van der Waals surface area contributed by atoms with Crippen molar-refractivity contribution in [2.45, 2.75) is 78.2 Å². The van der Waals surface area contributed by atoms with Crippen molar-refractivity contribution >= 4 is 35.5 Å². The lowest BCUT2D eigenvalue weighted by Crippen LogP contribution is -2.46. The maximum absolute atomic E-state index is 12.5. The van der Waals surface area contributed by atoms with E-state index in [1.807, 2.05) is 30.3 Å². The van der Waals surface area contributed by atoms with Crippen LogP contribution in [0.1, 0.15) is 59.9 Å². The van der Waals surface area contributed by atoms with Crippen molar-refractivity contribution in [3.05, 3.63) is 35.9 Å². The quantitative estimate of drug-likeness (QED) is 0.222. The van der Waals surface area contributed by atoms with Crippen LogP contribution in [0.15, 0.2) is 30.3 Å². The van der Waals surface area contributed by atoms with E-state index >= 15 is 0 Å². The van der Waals surface area contributed by atoms with Crippen LogP contribution in [0.5, 0.6) is 0 Å². The fourth-order valence-corrected chi connectivity index (χ4v) is 2.66. The molecule has 0 spiro atoms. The molecule has 0 heterocycles. The van der Waals surface area contributed by atoms with E-state index in [4.69, 9.17) is 26.4 Å². The smallest absolute Gasteiger partial charge is 0.413 e. The highest BCUT2D eigenvalue weighted by Gasteiger charge is 2.28. The van der Waals surface area contributed by atoms with Crippen LogP contribution in [0.2, 0.25) is 0 Å². The van der Waals surface area contributed by atoms with Gasteiger partial charge in [-0.3, -0.25) is 5.32 Å². The molecule has 0 aliphatic carbocycles. The number of hydrogen-bond acceptors (Lipinski definition) is 7. The van der Waals surface area contributed by atoms with E-state index in [9.17, 15) is 14.4 Å². The number of ether oxygens (including phenoxy) is 3. The molecular formula is C23H35N3O6S. The highest BCUT2D eigenvalue weighted by atomic mass is 32.1. The molecule has 0 fully saturated rings. The second kappa shape index (κ2) is 13.0. The van der Waals surface area contributed by atoms with Crippen LogP contribution >= 0.6 is 12.2 Å². The Morgan fingerprint density at radius 1 is 0.939 bits per heavy atom. The second-order valence-electron chi connectivity index (χ2n) is 9.32. The van der Waals surface area contributed by atoms with Gasteiger partial charge < -0.3 is 24.8 Å². The van der Waals surface area contributed by atoms with Crippen molar-refractivity contribution in [2.24, 2.45) is 0 Å². The van der Waals surface area contributed by atoms with Crippen molar-refractivity contribution < 1.29 is 28.6 Å². The summed E-state index contributed by atoms with van der Waals surface area (Å²) in [6.07, 6.45) is -0.637. The number of carbonyl (C=O) groups is 3. The molecule has 9 nitrogen and oxygen atoms in total. The number of esters is 1. The van der Waals surface area contributed by atoms with E-state index in [1.54, 1.807) is 41.5 Å². The van der Waals surface area contributed by atoms with Gasteiger partial charge >= 0.3 is 18.2 Å². The first-order chi connectivity index (χ1) is 15.2. The standard InChI is InChI=1S/C23H35N3O6S/c1-22(2,3)31-18(27)17(25-21(29)32-23(4,5)6)13-10-14-24-19(33)26-20(28)30-15-16-11-8-7-9-12-16/h7-9,11-12,17H,10,13-15H2,1-6H3,(H,25,29)(H2,24,26,28,33). The van der Waals surface area contributed by atoms with Gasteiger partial charge in [-0.05, 0) is 72.2 Å². The van der Waals surface area contributed by atoms with Gasteiger partial charge in [0.25, 0.3) is 0 Å². The third kappa shape index (κ3) is 14.0. The maximum Gasteiger partial charge on any atom is 0.413 e. The van der Waals surface area contributed by atoms with Gasteiger partial charge in [0.05, 0.1) is 0 Å². The summed E-state index contributed by atoms with van der Waals surface area (Å²) in [5.41, 5.74) is -0.538. The number of amides is 2. The van der Waals surface area contributed by atoms with Gasteiger partial charge in [0.2, 0.25) is 0 Å². The molecule has 1 rings (SSSR count). The van der Waals surface area contributed by atoms with Crippen molar-refractivity contribution in [3.63, 3.8) is 0 Å². The molecule has 0 saturated heterocycles. The maximum atomic E-state index is 12.5. The molecule has 0 aliphatic heterocycles. The minimum absolute atomic E-state index is 0.0991. The summed E-state index contributed by atoms with van der Waals surface area (Å²) >= 11 is 5.09. The van der Waals surface area contributed by atoms with Gasteiger partial charge in [-0.15, -0.1) is 0 Å². The number of hydrogen-bond donors (Lipinski definition) is 3. The minimum Gasteiger partial charge on any atom is -0.458 e. The number of rotatable bonds is 8. The molecule has 184 valence electrons. The van der Waals surface area contributed by atoms with Gasteiger partial charge in [-0.1, -0.05) is 30.3 Å². The monoisotopic (exact) mass is 481 g/mol. The Kier molecular flexibility index (Phi) is 11.1. The molecule has 1 unspecified atom stereocenters. The first-order valence-corrected chi connectivity index (χ1v) is 11.1. The van der Waals surface area contributed by atoms with E-state index in [1.165, 1.54) is 0 Å². The molecule has 0 radical (unpaired) electrons. The lowest BCUT2D eigenvalue weighted by molar-refractivity contribution is -0.157. The molecule has 1 aromatic rings. The van der Waals surface area contributed by atoms with E-state index < -0.39 is 35.4 Å². The fourth-order valence-electron chi connectivity index (χ4n) is 2.48. The summed E-state index contributed by atoms with van der Waals surface area (Å²) in [5, 5.41) is 7.96. The highest BCUT2D eigenvalue weighted by Crippen LogP contribution is 2.12. The van der Waals surface area contributed by atoms with Gasteiger partial charge in [0.15, 0.2) is 5.11 Å². The fraction of sp³-hybridized carbons (Fsp3) is 0.565. The molecule has 3 N–H and O–H groups in total. The molecule has 1 atom stereocenters. The summed E-state index contributed by atoms with van der Waals surface area (Å²) in [5.74, 6) is -0.557. The Hall–Kier alpha value is -2.88. The molecular weight excluding hydrogens is 446 g/mol. The molecule has 33 heavy (non-hydrogen) atoms. The number of thiocarbonyl (C=S) groups is 1.